The van der Waals surface area contributed by atoms with Crippen molar-refractivity contribution in [2.24, 2.45) is 0 Å². The first-order valence-electron chi connectivity index (χ1n) is 6.50. The lowest BCUT2D eigenvalue weighted by Crippen LogP contribution is -2.43. The highest BCUT2D eigenvalue weighted by molar-refractivity contribution is 6.30. The summed E-state index contributed by atoms with van der Waals surface area (Å²) in [5, 5.41) is 11.7. The Labute approximate surface area is 128 Å². The summed E-state index contributed by atoms with van der Waals surface area (Å²) in [6.07, 6.45) is -1.27. The lowest BCUT2D eigenvalue weighted by Gasteiger charge is -2.25. The van der Waals surface area contributed by atoms with Gasteiger partial charge in [-0.15, -0.1) is 0 Å². The number of amides is 1. The van der Waals surface area contributed by atoms with E-state index in [-0.39, 0.29) is 13.2 Å². The molecule has 0 bridgehead atoms. The fraction of sp³-hybridized carbons (Fsp3) is 0.188. The Morgan fingerprint density at radius 1 is 1.14 bits per heavy atom. The Kier molecular flexibility index (Phi) is 5.06. The molecule has 0 unspecified atom stereocenters. The summed E-state index contributed by atoms with van der Waals surface area (Å²) >= 11 is 5.79. The molecule has 21 heavy (non-hydrogen) atoms. The van der Waals surface area contributed by atoms with Crippen LogP contribution in [0.2, 0.25) is 5.02 Å². The van der Waals surface area contributed by atoms with Gasteiger partial charge in [0.25, 0.3) is 0 Å². The smallest absolute Gasteiger partial charge is 0.141 e. The van der Waals surface area contributed by atoms with Crippen molar-refractivity contribution >= 4 is 23.4 Å². The van der Waals surface area contributed by atoms with Gasteiger partial charge in [-0.1, -0.05) is 29.3 Å². The first-order chi connectivity index (χ1) is 10.1. The third-order valence-electron chi connectivity index (χ3n) is 2.96. The summed E-state index contributed by atoms with van der Waals surface area (Å²) in [4.78, 5) is 12.3. The van der Waals surface area contributed by atoms with Crippen molar-refractivity contribution in [2.75, 3.05) is 18.1 Å². The van der Waals surface area contributed by atoms with E-state index in [0.717, 1.165) is 10.5 Å². The molecule has 0 saturated carbocycles. The molecule has 1 amide bonds. The van der Waals surface area contributed by atoms with Crippen LogP contribution >= 0.6 is 11.6 Å². The predicted molar refractivity (Wildman–Crippen MR) is 80.9 cm³/mol. The third kappa shape index (κ3) is 4.39. The van der Waals surface area contributed by atoms with Crippen LogP contribution in [0.25, 0.3) is 0 Å². The summed E-state index contributed by atoms with van der Waals surface area (Å²) in [6, 6.07) is 14.1. The number of aryl methyl sites for hydroxylation is 1. The fourth-order valence-electron chi connectivity index (χ4n) is 1.84. The minimum atomic E-state index is -1.27. The van der Waals surface area contributed by atoms with Crippen molar-refractivity contribution in [1.29, 1.82) is 0 Å². The van der Waals surface area contributed by atoms with E-state index in [4.69, 9.17) is 16.3 Å². The molecule has 0 N–H and O–H groups in total. The molecular weight excluding hydrogens is 290 g/mol. The summed E-state index contributed by atoms with van der Waals surface area (Å²) in [6.45, 7) is 2.40. The van der Waals surface area contributed by atoms with Crippen LogP contribution in [-0.2, 0) is 0 Å². The van der Waals surface area contributed by atoms with Crippen LogP contribution in [0.5, 0.6) is 5.75 Å². The van der Waals surface area contributed by atoms with Gasteiger partial charge in [-0.05, 0) is 43.3 Å². The zero-order chi connectivity index (χ0) is 15.2. The largest absolute Gasteiger partial charge is 0.530 e. The number of halogens is 1. The molecule has 0 saturated heterocycles. The molecular formula is C16H15ClNO3-. The first-order valence-corrected chi connectivity index (χ1v) is 6.87. The van der Waals surface area contributed by atoms with Gasteiger partial charge in [-0.25, -0.2) is 0 Å². The number of nitrogens with zero attached hydrogens (tertiary/aromatic N) is 1. The Morgan fingerprint density at radius 3 is 2.33 bits per heavy atom. The summed E-state index contributed by atoms with van der Waals surface area (Å²) in [7, 11) is 0. The monoisotopic (exact) mass is 304 g/mol. The van der Waals surface area contributed by atoms with Crippen molar-refractivity contribution in [1.82, 2.24) is 0 Å². The van der Waals surface area contributed by atoms with Crippen molar-refractivity contribution in [3.05, 3.63) is 59.1 Å². The van der Waals surface area contributed by atoms with Gasteiger partial charge in [0, 0.05) is 10.7 Å². The molecule has 0 atom stereocenters. The SMILES string of the molecule is Cc1ccc(OCCN(C(=O)[O-])c2ccc(Cl)cc2)cc1. The molecule has 2 aromatic rings. The van der Waals surface area contributed by atoms with Crippen LogP contribution in [0, 0.1) is 6.92 Å². The maximum absolute atomic E-state index is 11.2. The number of rotatable bonds is 5. The Hall–Kier alpha value is -2.20. The zero-order valence-corrected chi connectivity index (χ0v) is 12.3. The topological polar surface area (TPSA) is 52.6 Å². The van der Waals surface area contributed by atoms with Gasteiger partial charge < -0.3 is 19.5 Å². The molecule has 0 spiro atoms. The Bertz CT molecular complexity index is 596. The molecule has 4 nitrogen and oxygen atoms in total. The van der Waals surface area contributed by atoms with E-state index in [1.807, 2.05) is 31.2 Å². The maximum atomic E-state index is 11.2. The van der Waals surface area contributed by atoms with Crippen LogP contribution in [0.1, 0.15) is 5.56 Å². The highest BCUT2D eigenvalue weighted by Gasteiger charge is 2.07. The molecule has 110 valence electrons. The molecule has 0 aromatic heterocycles. The average Bonchev–Trinajstić information content (AvgIpc) is 2.46. The second-order valence-corrected chi connectivity index (χ2v) is 4.99. The molecule has 0 radical (unpaired) electrons. The van der Waals surface area contributed by atoms with Crippen LogP contribution in [0.15, 0.2) is 48.5 Å². The number of carbonyl (C=O) groups excluding carboxylic acids is 1. The molecule has 5 heteroatoms. The Morgan fingerprint density at radius 2 is 1.76 bits per heavy atom. The van der Waals surface area contributed by atoms with E-state index in [1.165, 1.54) is 0 Å². The van der Waals surface area contributed by atoms with E-state index in [0.29, 0.717) is 16.5 Å². The Balaban J connectivity index is 1.96. The molecule has 0 fully saturated rings. The molecule has 2 rings (SSSR count). The number of benzene rings is 2. The van der Waals surface area contributed by atoms with E-state index in [9.17, 15) is 9.90 Å². The van der Waals surface area contributed by atoms with Gasteiger partial charge in [-0.2, -0.15) is 0 Å². The first kappa shape index (κ1) is 15.2. The average molecular weight is 305 g/mol. The van der Waals surface area contributed by atoms with E-state index in [2.05, 4.69) is 0 Å². The normalized spacial score (nSPS) is 10.2. The summed E-state index contributed by atoms with van der Waals surface area (Å²) in [5.41, 5.74) is 1.65. The quantitative estimate of drug-likeness (QED) is 0.853. The molecule has 0 aliphatic carbocycles. The molecule has 0 aliphatic rings. The fourth-order valence-corrected chi connectivity index (χ4v) is 1.96. The van der Waals surface area contributed by atoms with Gasteiger partial charge in [0.1, 0.15) is 18.4 Å². The van der Waals surface area contributed by atoms with Gasteiger partial charge >= 0.3 is 0 Å². The molecule has 0 aliphatic heterocycles. The lowest BCUT2D eigenvalue weighted by molar-refractivity contribution is -0.246. The van der Waals surface area contributed by atoms with E-state index in [1.54, 1.807) is 24.3 Å². The number of anilines is 1. The second kappa shape index (κ2) is 6.99. The van der Waals surface area contributed by atoms with Gasteiger partial charge in [0.15, 0.2) is 0 Å². The van der Waals surface area contributed by atoms with E-state index < -0.39 is 6.09 Å². The van der Waals surface area contributed by atoms with Crippen LogP contribution in [0.3, 0.4) is 0 Å². The van der Waals surface area contributed by atoms with Gasteiger partial charge in [-0.3, -0.25) is 0 Å². The minimum Gasteiger partial charge on any atom is -0.530 e. The number of carbonyl (C=O) groups is 1. The van der Waals surface area contributed by atoms with Crippen molar-refractivity contribution in [3.8, 4) is 5.75 Å². The molecule has 2 aromatic carbocycles. The second-order valence-electron chi connectivity index (χ2n) is 4.56. The van der Waals surface area contributed by atoms with Crippen LogP contribution < -0.4 is 14.7 Å². The standard InChI is InChI=1S/C16H16ClNO3/c1-12-2-8-15(9-3-12)21-11-10-18(16(19)20)14-6-4-13(17)5-7-14/h2-9H,10-11H2,1H3,(H,19,20)/p-1. The minimum absolute atomic E-state index is 0.178. The highest BCUT2D eigenvalue weighted by atomic mass is 35.5. The van der Waals surface area contributed by atoms with Crippen LogP contribution in [-0.4, -0.2) is 19.2 Å². The van der Waals surface area contributed by atoms with Crippen molar-refractivity contribution < 1.29 is 14.6 Å². The lowest BCUT2D eigenvalue weighted by atomic mass is 10.2. The third-order valence-corrected chi connectivity index (χ3v) is 3.22. The number of carboxylic acid groups (broad SMARTS) is 1. The van der Waals surface area contributed by atoms with Crippen molar-refractivity contribution in [3.63, 3.8) is 0 Å². The van der Waals surface area contributed by atoms with E-state index >= 15 is 0 Å². The highest BCUT2D eigenvalue weighted by Crippen LogP contribution is 2.18. The summed E-state index contributed by atoms with van der Waals surface area (Å²) in [5.74, 6) is 0.704. The number of hydrogen-bond acceptors (Lipinski definition) is 3. The molecule has 0 heterocycles. The predicted octanol–water partition coefficient (Wildman–Crippen LogP) is 2.88. The number of hydrogen-bond donors (Lipinski definition) is 0. The van der Waals surface area contributed by atoms with Gasteiger partial charge in [0.2, 0.25) is 0 Å². The number of ether oxygens (including phenoxy) is 1. The van der Waals surface area contributed by atoms with Gasteiger partial charge in [0.05, 0.1) is 6.54 Å². The maximum Gasteiger partial charge on any atom is 0.141 e. The summed E-state index contributed by atoms with van der Waals surface area (Å²) < 4.78 is 5.53. The zero-order valence-electron chi connectivity index (χ0n) is 11.6. The van der Waals surface area contributed by atoms with Crippen LogP contribution in [0.4, 0.5) is 10.5 Å². The van der Waals surface area contributed by atoms with Crippen molar-refractivity contribution in [2.45, 2.75) is 6.92 Å².